The van der Waals surface area contributed by atoms with Crippen molar-refractivity contribution >= 4 is 21.6 Å². The first-order valence-corrected chi connectivity index (χ1v) is 10.5. The summed E-state index contributed by atoms with van der Waals surface area (Å²) in [5.41, 5.74) is 1.28. The van der Waals surface area contributed by atoms with Crippen LogP contribution in [-0.2, 0) is 17.7 Å². The average Bonchev–Trinajstić information content (AvgIpc) is 2.95. The number of fused-ring (bicyclic) bond motifs is 1. The molecule has 3 aromatic heterocycles. The Morgan fingerprint density at radius 3 is 2.69 bits per heavy atom. The molecule has 7 nitrogen and oxygen atoms in total. The van der Waals surface area contributed by atoms with Gasteiger partial charge in [0, 0.05) is 36.4 Å². The van der Waals surface area contributed by atoms with Gasteiger partial charge in [-0.3, -0.25) is 14.2 Å². The number of rotatable bonds is 8. The zero-order valence-corrected chi connectivity index (χ0v) is 18.3. The van der Waals surface area contributed by atoms with E-state index in [1.54, 1.807) is 17.9 Å². The van der Waals surface area contributed by atoms with Crippen LogP contribution in [0.3, 0.4) is 0 Å². The third-order valence-electron chi connectivity index (χ3n) is 4.74. The molecule has 3 aromatic rings. The van der Waals surface area contributed by atoms with E-state index in [0.29, 0.717) is 42.5 Å². The number of nitrogens with zero attached hydrogens (tertiary/aromatic N) is 2. The summed E-state index contributed by atoms with van der Waals surface area (Å²) in [6, 6.07) is 1.48. The molecule has 8 heteroatoms. The van der Waals surface area contributed by atoms with Crippen molar-refractivity contribution in [3.63, 3.8) is 0 Å². The summed E-state index contributed by atoms with van der Waals surface area (Å²) in [6.07, 6.45) is 2.07. The summed E-state index contributed by atoms with van der Waals surface area (Å²) in [5.74, 6) is 1.25. The second kappa shape index (κ2) is 8.92. The Morgan fingerprint density at radius 2 is 2.03 bits per heavy atom. The first-order valence-electron chi connectivity index (χ1n) is 9.64. The Kier molecular flexibility index (Phi) is 6.54. The first kappa shape index (κ1) is 21.3. The molecular weight excluding hydrogens is 390 g/mol. The van der Waals surface area contributed by atoms with Crippen molar-refractivity contribution in [2.24, 2.45) is 5.92 Å². The number of thiophene rings is 1. The number of methoxy groups -OCH3 is 1. The van der Waals surface area contributed by atoms with Crippen molar-refractivity contribution in [2.45, 2.75) is 40.7 Å². The first-order chi connectivity index (χ1) is 13.8. The van der Waals surface area contributed by atoms with E-state index in [1.807, 2.05) is 27.7 Å². The molecule has 1 N–H and O–H groups in total. The van der Waals surface area contributed by atoms with Gasteiger partial charge < -0.3 is 14.5 Å². The van der Waals surface area contributed by atoms with Crippen LogP contribution in [0.15, 0.2) is 21.9 Å². The average molecular weight is 418 g/mol. The fourth-order valence-corrected chi connectivity index (χ4v) is 4.09. The van der Waals surface area contributed by atoms with Crippen LogP contribution in [0.5, 0.6) is 5.75 Å². The number of hydrogen-bond donors (Lipinski definition) is 1. The summed E-state index contributed by atoms with van der Waals surface area (Å²) in [5, 5.41) is 0.646. The van der Waals surface area contributed by atoms with Gasteiger partial charge in [-0.1, -0.05) is 13.8 Å². The number of H-pyrrole nitrogens is 1. The fraction of sp³-hybridized carbons (Fsp3) is 0.476. The third kappa shape index (κ3) is 4.59. The maximum Gasteiger partial charge on any atom is 0.262 e. The highest BCUT2D eigenvalue weighted by molar-refractivity contribution is 7.18. The highest BCUT2D eigenvalue weighted by atomic mass is 32.1. The molecule has 0 fully saturated rings. The van der Waals surface area contributed by atoms with E-state index in [4.69, 9.17) is 14.5 Å². The van der Waals surface area contributed by atoms with Gasteiger partial charge in [0.2, 0.25) is 5.43 Å². The summed E-state index contributed by atoms with van der Waals surface area (Å²) < 4.78 is 12.4. The van der Waals surface area contributed by atoms with Crippen LogP contribution in [0.4, 0.5) is 0 Å². The van der Waals surface area contributed by atoms with Gasteiger partial charge >= 0.3 is 0 Å². The number of aromatic nitrogens is 3. The number of pyridine rings is 1. The lowest BCUT2D eigenvalue weighted by Gasteiger charge is -2.13. The van der Waals surface area contributed by atoms with E-state index in [-0.39, 0.29) is 23.3 Å². The predicted octanol–water partition coefficient (Wildman–Crippen LogP) is 3.04. The van der Waals surface area contributed by atoms with Crippen LogP contribution in [-0.4, -0.2) is 34.9 Å². The quantitative estimate of drug-likeness (QED) is 0.609. The molecule has 0 saturated carbocycles. The zero-order chi connectivity index (χ0) is 21.1. The lowest BCUT2D eigenvalue weighted by Crippen LogP contribution is -2.27. The van der Waals surface area contributed by atoms with Gasteiger partial charge in [0.15, 0.2) is 5.75 Å². The maximum atomic E-state index is 13.3. The second-order valence-electron chi connectivity index (χ2n) is 7.52. The van der Waals surface area contributed by atoms with E-state index in [1.165, 1.54) is 17.4 Å². The summed E-state index contributed by atoms with van der Waals surface area (Å²) in [7, 11) is 1.62. The predicted molar refractivity (Wildman–Crippen MR) is 115 cm³/mol. The minimum Gasteiger partial charge on any atom is -0.488 e. The molecule has 156 valence electrons. The SMILES string of the molecule is COCCc1nc2sc(C)c(C)c2c(=O)n1Cc1cc(=O)c(OCC(C)C)c[nH]1. The van der Waals surface area contributed by atoms with Crippen LogP contribution in [0.25, 0.3) is 10.2 Å². The molecule has 0 atom stereocenters. The monoisotopic (exact) mass is 417 g/mol. The second-order valence-corrected chi connectivity index (χ2v) is 8.72. The van der Waals surface area contributed by atoms with Gasteiger partial charge in [0.25, 0.3) is 5.56 Å². The highest BCUT2D eigenvalue weighted by Gasteiger charge is 2.17. The molecule has 3 rings (SSSR count). The molecular formula is C21H27N3O4S. The van der Waals surface area contributed by atoms with Gasteiger partial charge in [-0.2, -0.15) is 0 Å². The third-order valence-corrected chi connectivity index (χ3v) is 5.84. The Balaban J connectivity index is 2.01. The van der Waals surface area contributed by atoms with Crippen molar-refractivity contribution in [3.05, 3.63) is 54.8 Å². The Bertz CT molecular complexity index is 1130. The molecule has 0 amide bonds. The minimum atomic E-state index is -0.206. The van der Waals surface area contributed by atoms with Crippen molar-refractivity contribution in [2.75, 3.05) is 20.3 Å². The van der Waals surface area contributed by atoms with E-state index in [0.717, 1.165) is 15.3 Å². The van der Waals surface area contributed by atoms with Crippen molar-refractivity contribution in [1.82, 2.24) is 14.5 Å². The van der Waals surface area contributed by atoms with Gasteiger partial charge in [-0.15, -0.1) is 11.3 Å². The zero-order valence-electron chi connectivity index (χ0n) is 17.5. The smallest absolute Gasteiger partial charge is 0.262 e. The molecule has 0 aliphatic carbocycles. The number of nitrogens with one attached hydrogen (secondary N) is 1. The molecule has 0 bridgehead atoms. The summed E-state index contributed by atoms with van der Waals surface area (Å²) in [6.45, 7) is 9.14. The van der Waals surface area contributed by atoms with Crippen LogP contribution in [0.1, 0.15) is 35.8 Å². The van der Waals surface area contributed by atoms with Crippen LogP contribution in [0.2, 0.25) is 0 Å². The lowest BCUT2D eigenvalue weighted by molar-refractivity contribution is 0.199. The summed E-state index contributed by atoms with van der Waals surface area (Å²) in [4.78, 5) is 35.3. The van der Waals surface area contributed by atoms with E-state index < -0.39 is 0 Å². The van der Waals surface area contributed by atoms with Crippen LogP contribution >= 0.6 is 11.3 Å². The van der Waals surface area contributed by atoms with E-state index in [2.05, 4.69) is 4.98 Å². The van der Waals surface area contributed by atoms with Gasteiger partial charge in [-0.05, 0) is 25.3 Å². The molecule has 0 radical (unpaired) electrons. The topological polar surface area (TPSA) is 86.2 Å². The van der Waals surface area contributed by atoms with Gasteiger partial charge in [0.1, 0.15) is 10.7 Å². The fourth-order valence-electron chi connectivity index (χ4n) is 3.05. The van der Waals surface area contributed by atoms with Crippen molar-refractivity contribution in [3.8, 4) is 5.75 Å². The normalized spacial score (nSPS) is 11.5. The molecule has 0 aromatic carbocycles. The Labute approximate surface area is 173 Å². The van der Waals surface area contributed by atoms with Crippen LogP contribution in [0, 0.1) is 19.8 Å². The summed E-state index contributed by atoms with van der Waals surface area (Å²) >= 11 is 1.53. The Morgan fingerprint density at radius 1 is 1.28 bits per heavy atom. The number of hydrogen-bond acceptors (Lipinski definition) is 6. The minimum absolute atomic E-state index is 0.0936. The van der Waals surface area contributed by atoms with Gasteiger partial charge in [-0.25, -0.2) is 4.98 Å². The van der Waals surface area contributed by atoms with E-state index >= 15 is 0 Å². The molecule has 0 unspecified atom stereocenters. The largest absolute Gasteiger partial charge is 0.488 e. The van der Waals surface area contributed by atoms with Crippen molar-refractivity contribution in [1.29, 1.82) is 0 Å². The molecule has 29 heavy (non-hydrogen) atoms. The standard InChI is InChI=1S/C21H27N3O4S/c1-12(2)11-28-17-9-22-15(8-16(17)25)10-24-18(6-7-27-5)23-20-19(21(24)26)13(3)14(4)29-20/h8-9,12H,6-7,10-11H2,1-5H3,(H,22,25). The molecule has 0 aliphatic rings. The molecule has 3 heterocycles. The lowest BCUT2D eigenvalue weighted by atomic mass is 10.2. The Hall–Kier alpha value is -2.45. The van der Waals surface area contributed by atoms with E-state index in [9.17, 15) is 9.59 Å². The van der Waals surface area contributed by atoms with Crippen molar-refractivity contribution < 1.29 is 9.47 Å². The van der Waals surface area contributed by atoms with Crippen LogP contribution < -0.4 is 15.7 Å². The maximum absolute atomic E-state index is 13.3. The van der Waals surface area contributed by atoms with Gasteiger partial charge in [0.05, 0.1) is 25.1 Å². The number of aryl methyl sites for hydroxylation is 2. The number of aromatic amines is 1. The number of ether oxygens (including phenoxy) is 2. The molecule has 0 saturated heterocycles. The highest BCUT2D eigenvalue weighted by Crippen LogP contribution is 2.26. The molecule has 0 aliphatic heterocycles. The molecule has 0 spiro atoms.